The van der Waals surface area contributed by atoms with Crippen LogP contribution in [-0.4, -0.2) is 19.4 Å². The van der Waals surface area contributed by atoms with Crippen molar-refractivity contribution in [3.05, 3.63) is 34.3 Å². The van der Waals surface area contributed by atoms with Crippen LogP contribution in [0, 0.1) is 0 Å². The zero-order valence-corrected chi connectivity index (χ0v) is 9.11. The molecule has 0 fully saturated rings. The van der Waals surface area contributed by atoms with Crippen LogP contribution in [-0.2, 0) is 4.74 Å². The number of hydrazone groups is 1. The van der Waals surface area contributed by atoms with Crippen molar-refractivity contribution in [2.75, 3.05) is 7.11 Å². The predicted molar refractivity (Wildman–Crippen MR) is 57.3 cm³/mol. The van der Waals surface area contributed by atoms with Gasteiger partial charge in [0.1, 0.15) is 0 Å². The summed E-state index contributed by atoms with van der Waals surface area (Å²) >= 11 is 3.31. The number of methoxy groups -OCH3 is 1. The fourth-order valence-electron chi connectivity index (χ4n) is 0.754. The molecule has 0 aliphatic carbocycles. The third-order valence-corrected chi connectivity index (χ3v) is 1.95. The van der Waals surface area contributed by atoms with Gasteiger partial charge in [-0.2, -0.15) is 5.10 Å². The van der Waals surface area contributed by atoms with Crippen molar-refractivity contribution in [3.63, 3.8) is 0 Å². The van der Waals surface area contributed by atoms with Gasteiger partial charge in [0.05, 0.1) is 13.3 Å². The topological polar surface area (TPSA) is 50.7 Å². The molecule has 0 aromatic heterocycles. The van der Waals surface area contributed by atoms with E-state index in [1.807, 2.05) is 24.3 Å². The Kier molecular flexibility index (Phi) is 4.12. The molecule has 1 aromatic carbocycles. The fraction of sp³-hybridized carbons (Fsp3) is 0.111. The summed E-state index contributed by atoms with van der Waals surface area (Å²) in [7, 11) is 1.28. The number of hydrogen-bond donors (Lipinski definition) is 1. The molecule has 1 aromatic rings. The highest BCUT2D eigenvalue weighted by atomic mass is 79.9. The number of hydrogen-bond acceptors (Lipinski definition) is 3. The molecular weight excluding hydrogens is 248 g/mol. The number of nitrogens with one attached hydrogen (secondary N) is 1. The van der Waals surface area contributed by atoms with Crippen LogP contribution in [0.4, 0.5) is 4.79 Å². The highest BCUT2D eigenvalue weighted by Gasteiger charge is 1.92. The molecule has 0 saturated carbocycles. The SMILES string of the molecule is COC(=O)N/N=C\c1ccc(Br)cc1. The first-order chi connectivity index (χ1) is 6.72. The molecule has 0 aliphatic heterocycles. The number of carbonyl (C=O) groups excluding carboxylic acids is 1. The third-order valence-electron chi connectivity index (χ3n) is 1.42. The molecule has 0 unspecified atom stereocenters. The molecule has 5 heteroatoms. The van der Waals surface area contributed by atoms with Crippen LogP contribution in [0.25, 0.3) is 0 Å². The van der Waals surface area contributed by atoms with Gasteiger partial charge in [0.2, 0.25) is 0 Å². The normalized spacial score (nSPS) is 10.1. The maximum absolute atomic E-state index is 10.6. The molecule has 4 nitrogen and oxygen atoms in total. The minimum Gasteiger partial charge on any atom is -0.452 e. The lowest BCUT2D eigenvalue weighted by Crippen LogP contribution is -2.16. The maximum atomic E-state index is 10.6. The lowest BCUT2D eigenvalue weighted by atomic mass is 10.2. The first kappa shape index (κ1) is 10.7. The van der Waals surface area contributed by atoms with Gasteiger partial charge in [-0.15, -0.1) is 0 Å². The van der Waals surface area contributed by atoms with E-state index in [-0.39, 0.29) is 0 Å². The maximum Gasteiger partial charge on any atom is 0.427 e. The molecule has 0 aliphatic rings. The Labute approximate surface area is 90.1 Å². The van der Waals surface area contributed by atoms with Gasteiger partial charge in [0, 0.05) is 4.47 Å². The molecule has 0 radical (unpaired) electrons. The Hall–Kier alpha value is -1.36. The molecule has 74 valence electrons. The summed E-state index contributed by atoms with van der Waals surface area (Å²) in [5, 5.41) is 3.68. The third kappa shape index (κ3) is 3.57. The highest BCUT2D eigenvalue weighted by molar-refractivity contribution is 9.10. The molecule has 1 rings (SSSR count). The summed E-state index contributed by atoms with van der Waals surface area (Å²) in [6, 6.07) is 7.51. The number of nitrogens with zero attached hydrogens (tertiary/aromatic N) is 1. The number of carbonyl (C=O) groups is 1. The van der Waals surface area contributed by atoms with E-state index in [4.69, 9.17) is 0 Å². The Bertz CT molecular complexity index is 335. The molecule has 14 heavy (non-hydrogen) atoms. The van der Waals surface area contributed by atoms with Crippen LogP contribution < -0.4 is 5.43 Å². The van der Waals surface area contributed by atoms with E-state index >= 15 is 0 Å². The summed E-state index contributed by atoms with van der Waals surface area (Å²) < 4.78 is 5.33. The Morgan fingerprint density at radius 2 is 2.14 bits per heavy atom. The van der Waals surface area contributed by atoms with Crippen molar-refractivity contribution in [2.45, 2.75) is 0 Å². The van der Waals surface area contributed by atoms with Gasteiger partial charge < -0.3 is 4.74 Å². The smallest absolute Gasteiger partial charge is 0.427 e. The fourth-order valence-corrected chi connectivity index (χ4v) is 1.02. The second-order valence-corrected chi connectivity index (χ2v) is 3.33. The average Bonchev–Trinajstić information content (AvgIpc) is 2.21. The molecule has 1 amide bonds. The molecule has 0 atom stereocenters. The quantitative estimate of drug-likeness (QED) is 0.651. The second kappa shape index (κ2) is 5.39. The molecular formula is C9H9BrN2O2. The largest absolute Gasteiger partial charge is 0.452 e. The van der Waals surface area contributed by atoms with Gasteiger partial charge in [0.25, 0.3) is 0 Å². The van der Waals surface area contributed by atoms with Gasteiger partial charge in [-0.05, 0) is 17.7 Å². The minimum absolute atomic E-state index is 0.585. The zero-order valence-electron chi connectivity index (χ0n) is 7.53. The first-order valence-electron chi connectivity index (χ1n) is 3.85. The monoisotopic (exact) mass is 256 g/mol. The van der Waals surface area contributed by atoms with Crippen molar-refractivity contribution in [2.24, 2.45) is 5.10 Å². The van der Waals surface area contributed by atoms with Crippen LogP contribution in [0.5, 0.6) is 0 Å². The molecule has 0 bridgehead atoms. The molecule has 0 heterocycles. The van der Waals surface area contributed by atoms with E-state index in [1.165, 1.54) is 13.3 Å². The second-order valence-electron chi connectivity index (χ2n) is 2.41. The molecule has 0 saturated heterocycles. The van der Waals surface area contributed by atoms with Gasteiger partial charge >= 0.3 is 6.09 Å². The average molecular weight is 257 g/mol. The predicted octanol–water partition coefficient (Wildman–Crippen LogP) is 2.14. The lowest BCUT2D eigenvalue weighted by molar-refractivity contribution is 0.171. The summed E-state index contributed by atoms with van der Waals surface area (Å²) in [6.07, 6.45) is 0.946. The number of amides is 1. The van der Waals surface area contributed by atoms with Crippen LogP contribution in [0.2, 0.25) is 0 Å². The number of benzene rings is 1. The van der Waals surface area contributed by atoms with Crippen molar-refractivity contribution in [1.29, 1.82) is 0 Å². The first-order valence-corrected chi connectivity index (χ1v) is 4.64. The summed E-state index contributed by atoms with van der Waals surface area (Å²) in [6.45, 7) is 0. The standard InChI is InChI=1S/C9H9BrN2O2/c1-14-9(13)12-11-6-7-2-4-8(10)5-3-7/h2-6H,1H3,(H,12,13)/b11-6-. The number of halogens is 1. The Morgan fingerprint density at radius 3 is 2.71 bits per heavy atom. The van der Waals surface area contributed by atoms with E-state index in [1.54, 1.807) is 0 Å². The van der Waals surface area contributed by atoms with Crippen molar-refractivity contribution < 1.29 is 9.53 Å². The summed E-state index contributed by atoms with van der Waals surface area (Å²) in [5.41, 5.74) is 3.09. The van der Waals surface area contributed by atoms with E-state index in [9.17, 15) is 4.79 Å². The van der Waals surface area contributed by atoms with Crippen LogP contribution in [0.15, 0.2) is 33.8 Å². The summed E-state index contributed by atoms with van der Waals surface area (Å²) in [5.74, 6) is 0. The van der Waals surface area contributed by atoms with E-state index < -0.39 is 6.09 Å². The lowest BCUT2D eigenvalue weighted by Gasteiger charge is -1.95. The van der Waals surface area contributed by atoms with Crippen molar-refractivity contribution >= 4 is 28.2 Å². The Morgan fingerprint density at radius 1 is 1.50 bits per heavy atom. The molecule has 1 N–H and O–H groups in total. The Balaban J connectivity index is 2.52. The highest BCUT2D eigenvalue weighted by Crippen LogP contribution is 2.08. The van der Waals surface area contributed by atoms with Crippen molar-refractivity contribution in [1.82, 2.24) is 5.43 Å². The van der Waals surface area contributed by atoms with E-state index in [0.29, 0.717) is 0 Å². The van der Waals surface area contributed by atoms with Crippen LogP contribution >= 0.6 is 15.9 Å². The zero-order chi connectivity index (χ0) is 10.4. The van der Waals surface area contributed by atoms with Crippen LogP contribution in [0.1, 0.15) is 5.56 Å². The van der Waals surface area contributed by atoms with Crippen molar-refractivity contribution in [3.8, 4) is 0 Å². The van der Waals surface area contributed by atoms with Gasteiger partial charge in [-0.1, -0.05) is 28.1 Å². The van der Waals surface area contributed by atoms with E-state index in [2.05, 4.69) is 31.2 Å². The van der Waals surface area contributed by atoms with Gasteiger partial charge in [-0.25, -0.2) is 10.2 Å². The number of rotatable bonds is 2. The molecule has 0 spiro atoms. The minimum atomic E-state index is -0.585. The van der Waals surface area contributed by atoms with Gasteiger partial charge in [-0.3, -0.25) is 0 Å². The number of ether oxygens (including phenoxy) is 1. The van der Waals surface area contributed by atoms with Crippen LogP contribution in [0.3, 0.4) is 0 Å². The van der Waals surface area contributed by atoms with Gasteiger partial charge in [0.15, 0.2) is 0 Å². The van der Waals surface area contributed by atoms with E-state index in [0.717, 1.165) is 10.0 Å². The summed E-state index contributed by atoms with van der Waals surface area (Å²) in [4.78, 5) is 10.6.